The highest BCUT2D eigenvalue weighted by Gasteiger charge is 2.24. The largest absolute Gasteiger partial charge is 0.298 e. The third-order valence-electron chi connectivity index (χ3n) is 3.95. The first-order valence-corrected chi connectivity index (χ1v) is 7.15. The molecule has 0 bridgehead atoms. The fourth-order valence-electron chi connectivity index (χ4n) is 2.87. The maximum absolute atomic E-state index is 13.7. The van der Waals surface area contributed by atoms with Gasteiger partial charge >= 0.3 is 0 Å². The van der Waals surface area contributed by atoms with Crippen LogP contribution in [-0.4, -0.2) is 28.0 Å². The first-order valence-electron chi connectivity index (χ1n) is 7.15. The molecule has 1 aliphatic rings. The van der Waals surface area contributed by atoms with Crippen molar-refractivity contribution in [2.45, 2.75) is 25.3 Å². The van der Waals surface area contributed by atoms with Crippen LogP contribution in [0.1, 0.15) is 30.0 Å². The number of benzene rings is 1. The van der Waals surface area contributed by atoms with Crippen molar-refractivity contribution < 1.29 is 8.78 Å². The van der Waals surface area contributed by atoms with Crippen molar-refractivity contribution >= 4 is 0 Å². The van der Waals surface area contributed by atoms with Crippen LogP contribution in [0.25, 0.3) is 0 Å². The molecule has 1 saturated heterocycles. The average Bonchev–Trinajstić information content (AvgIpc) is 2.52. The van der Waals surface area contributed by atoms with E-state index in [-0.39, 0.29) is 11.5 Å². The molecule has 3 rings (SSSR count). The lowest BCUT2D eigenvalue weighted by Gasteiger charge is -2.32. The molecule has 1 atom stereocenters. The Bertz CT molecular complexity index is 583. The van der Waals surface area contributed by atoms with Gasteiger partial charge in [0.15, 0.2) is 0 Å². The van der Waals surface area contributed by atoms with Gasteiger partial charge in [0, 0.05) is 43.2 Å². The fourth-order valence-corrected chi connectivity index (χ4v) is 2.87. The molecule has 0 saturated carbocycles. The van der Waals surface area contributed by atoms with Crippen LogP contribution in [0.3, 0.4) is 0 Å². The molecule has 0 radical (unpaired) electrons. The van der Waals surface area contributed by atoms with Crippen molar-refractivity contribution in [1.82, 2.24) is 14.9 Å². The van der Waals surface area contributed by atoms with E-state index in [4.69, 9.17) is 0 Å². The highest BCUT2D eigenvalue weighted by Crippen LogP contribution is 2.26. The minimum atomic E-state index is -0.475. The van der Waals surface area contributed by atoms with Gasteiger partial charge in [0.05, 0.1) is 5.69 Å². The summed E-state index contributed by atoms with van der Waals surface area (Å²) in [6.45, 7) is 1.91. The van der Waals surface area contributed by atoms with Crippen molar-refractivity contribution in [2.75, 3.05) is 13.1 Å². The zero-order chi connectivity index (χ0) is 14.7. The van der Waals surface area contributed by atoms with Crippen LogP contribution >= 0.6 is 0 Å². The minimum Gasteiger partial charge on any atom is -0.298 e. The highest BCUT2D eigenvalue weighted by molar-refractivity contribution is 5.20. The van der Waals surface area contributed by atoms with Crippen LogP contribution in [-0.2, 0) is 6.54 Å². The predicted octanol–water partition coefficient (Wildman–Crippen LogP) is 3.13. The van der Waals surface area contributed by atoms with Crippen molar-refractivity contribution in [2.24, 2.45) is 0 Å². The fraction of sp³-hybridized carbons (Fsp3) is 0.375. The van der Waals surface area contributed by atoms with E-state index in [1.807, 2.05) is 0 Å². The summed E-state index contributed by atoms with van der Waals surface area (Å²) < 4.78 is 27.5. The number of piperidine rings is 1. The van der Waals surface area contributed by atoms with Crippen molar-refractivity contribution in [3.05, 3.63) is 59.7 Å². The third-order valence-corrected chi connectivity index (χ3v) is 3.95. The number of likely N-dealkylation sites (tertiary alicyclic amines) is 1. The Morgan fingerprint density at radius 3 is 2.71 bits per heavy atom. The standard InChI is InChI=1S/C16H17F2N3/c17-14-4-1-5-15(18)13(14)11-21-8-2-3-12(10-21)16-9-19-6-7-20-16/h1,4-7,9,12H,2-3,8,10-11H2. The van der Waals surface area contributed by atoms with E-state index >= 15 is 0 Å². The summed E-state index contributed by atoms with van der Waals surface area (Å²) in [4.78, 5) is 10.5. The van der Waals surface area contributed by atoms with Crippen LogP contribution in [0.2, 0.25) is 0 Å². The molecule has 1 aliphatic heterocycles. The summed E-state index contributed by atoms with van der Waals surface area (Å²) >= 11 is 0. The zero-order valence-corrected chi connectivity index (χ0v) is 11.7. The molecule has 0 amide bonds. The van der Waals surface area contributed by atoms with Gasteiger partial charge in [-0.2, -0.15) is 0 Å². The topological polar surface area (TPSA) is 29.0 Å². The number of nitrogens with zero attached hydrogens (tertiary/aromatic N) is 3. The second-order valence-electron chi connectivity index (χ2n) is 5.40. The van der Waals surface area contributed by atoms with Crippen molar-refractivity contribution in [3.8, 4) is 0 Å². The summed E-state index contributed by atoms with van der Waals surface area (Å²) in [5.41, 5.74) is 1.11. The molecule has 0 aliphatic carbocycles. The average molecular weight is 289 g/mol. The van der Waals surface area contributed by atoms with Crippen molar-refractivity contribution in [1.29, 1.82) is 0 Å². The monoisotopic (exact) mass is 289 g/mol. The molecule has 1 aromatic carbocycles. The molecular formula is C16H17F2N3. The van der Waals surface area contributed by atoms with E-state index in [1.165, 1.54) is 18.2 Å². The van der Waals surface area contributed by atoms with E-state index in [1.54, 1.807) is 18.6 Å². The van der Waals surface area contributed by atoms with Crippen LogP contribution in [0, 0.1) is 11.6 Å². The van der Waals surface area contributed by atoms with Gasteiger partial charge in [-0.25, -0.2) is 8.78 Å². The summed E-state index contributed by atoms with van der Waals surface area (Å²) in [6.07, 6.45) is 7.15. The highest BCUT2D eigenvalue weighted by atomic mass is 19.1. The quantitative estimate of drug-likeness (QED) is 0.869. The number of aromatic nitrogens is 2. The normalized spacial score (nSPS) is 19.6. The number of hydrogen-bond donors (Lipinski definition) is 0. The molecule has 2 heterocycles. The Hall–Kier alpha value is -1.88. The molecule has 5 heteroatoms. The number of hydrogen-bond acceptors (Lipinski definition) is 3. The lowest BCUT2D eigenvalue weighted by molar-refractivity contribution is 0.193. The third kappa shape index (κ3) is 3.24. The van der Waals surface area contributed by atoms with Gasteiger partial charge in [-0.15, -0.1) is 0 Å². The van der Waals surface area contributed by atoms with E-state index in [2.05, 4.69) is 14.9 Å². The Morgan fingerprint density at radius 1 is 1.19 bits per heavy atom. The molecule has 1 aromatic heterocycles. The summed E-state index contributed by atoms with van der Waals surface area (Å²) in [5.74, 6) is -0.671. The van der Waals surface area contributed by atoms with Gasteiger partial charge in [-0.3, -0.25) is 14.9 Å². The van der Waals surface area contributed by atoms with Gasteiger partial charge in [-0.1, -0.05) is 6.07 Å². The lowest BCUT2D eigenvalue weighted by atomic mass is 9.94. The lowest BCUT2D eigenvalue weighted by Crippen LogP contribution is -2.34. The van der Waals surface area contributed by atoms with Gasteiger partial charge in [0.1, 0.15) is 11.6 Å². The molecule has 2 aromatic rings. The molecule has 1 unspecified atom stereocenters. The van der Waals surface area contributed by atoms with E-state index in [0.717, 1.165) is 31.6 Å². The predicted molar refractivity (Wildman–Crippen MR) is 75.6 cm³/mol. The summed E-state index contributed by atoms with van der Waals surface area (Å²) in [7, 11) is 0. The number of rotatable bonds is 3. The van der Waals surface area contributed by atoms with Crippen LogP contribution in [0.5, 0.6) is 0 Å². The molecule has 3 nitrogen and oxygen atoms in total. The smallest absolute Gasteiger partial charge is 0.130 e. The van der Waals surface area contributed by atoms with Crippen LogP contribution in [0.15, 0.2) is 36.8 Å². The maximum atomic E-state index is 13.7. The second kappa shape index (κ2) is 6.26. The zero-order valence-electron chi connectivity index (χ0n) is 11.7. The molecule has 0 spiro atoms. The van der Waals surface area contributed by atoms with Gasteiger partial charge in [0.25, 0.3) is 0 Å². The van der Waals surface area contributed by atoms with E-state index in [0.29, 0.717) is 6.54 Å². The number of halogens is 2. The first kappa shape index (κ1) is 14.1. The Morgan fingerprint density at radius 2 is 2.00 bits per heavy atom. The SMILES string of the molecule is Fc1cccc(F)c1CN1CCCC(c2cnccn2)C1. The molecule has 21 heavy (non-hydrogen) atoms. The van der Waals surface area contributed by atoms with E-state index < -0.39 is 11.6 Å². The maximum Gasteiger partial charge on any atom is 0.130 e. The second-order valence-corrected chi connectivity index (χ2v) is 5.40. The summed E-state index contributed by atoms with van der Waals surface area (Å²) in [5, 5.41) is 0. The summed E-state index contributed by atoms with van der Waals surface area (Å²) in [6, 6.07) is 4.01. The Kier molecular flexibility index (Phi) is 4.20. The van der Waals surface area contributed by atoms with Gasteiger partial charge in [-0.05, 0) is 31.5 Å². The Labute approximate surface area is 122 Å². The van der Waals surface area contributed by atoms with Crippen LogP contribution < -0.4 is 0 Å². The van der Waals surface area contributed by atoms with Crippen molar-refractivity contribution in [3.63, 3.8) is 0 Å². The van der Waals surface area contributed by atoms with Crippen LogP contribution in [0.4, 0.5) is 8.78 Å². The Balaban J connectivity index is 1.72. The first-order chi connectivity index (χ1) is 10.2. The minimum absolute atomic E-state index is 0.150. The molecular weight excluding hydrogens is 272 g/mol. The molecule has 0 N–H and O–H groups in total. The van der Waals surface area contributed by atoms with Gasteiger partial charge < -0.3 is 0 Å². The molecule has 110 valence electrons. The molecule has 1 fully saturated rings. The van der Waals surface area contributed by atoms with Gasteiger partial charge in [0.2, 0.25) is 0 Å². The van der Waals surface area contributed by atoms with E-state index in [9.17, 15) is 8.78 Å².